The largest absolute Gasteiger partial charge is 0.399 e. The van der Waals surface area contributed by atoms with Crippen LogP contribution in [0, 0.1) is 10.1 Å². The second-order valence-electron chi connectivity index (χ2n) is 12.9. The lowest BCUT2D eigenvalue weighted by Crippen LogP contribution is -2.45. The second kappa shape index (κ2) is 14.6. The van der Waals surface area contributed by atoms with Crippen molar-refractivity contribution in [3.63, 3.8) is 0 Å². The number of hydrogen-bond acceptors (Lipinski definition) is 11. The van der Waals surface area contributed by atoms with Crippen LogP contribution in [-0.4, -0.2) is 157 Å². The van der Waals surface area contributed by atoms with E-state index in [2.05, 4.69) is 91.7 Å². The minimum Gasteiger partial charge on any atom is -0.399 e. The van der Waals surface area contributed by atoms with Gasteiger partial charge in [-0.25, -0.2) is 0 Å². The van der Waals surface area contributed by atoms with Crippen molar-refractivity contribution in [3.05, 3.63) is 46.5 Å². The zero-order valence-corrected chi connectivity index (χ0v) is 27.2. The summed E-state index contributed by atoms with van der Waals surface area (Å²) >= 11 is 0. The molecule has 12 heteroatoms. The summed E-state index contributed by atoms with van der Waals surface area (Å²) in [7, 11) is 8.60. The maximum Gasteiger partial charge on any atom is 0.273 e. The number of rotatable bonds is 5. The van der Waals surface area contributed by atoms with Crippen molar-refractivity contribution >= 4 is 34.1 Å². The molecule has 0 saturated carbocycles. The van der Waals surface area contributed by atoms with Gasteiger partial charge in [0.25, 0.3) is 5.69 Å². The molecule has 44 heavy (non-hydrogen) atoms. The van der Waals surface area contributed by atoms with Crippen LogP contribution in [-0.2, 0) is 0 Å². The Hall–Kier alpha value is -3.32. The summed E-state index contributed by atoms with van der Waals surface area (Å²) in [6.07, 6.45) is 0. The van der Waals surface area contributed by atoms with Gasteiger partial charge in [-0.2, -0.15) is 0 Å². The first-order chi connectivity index (χ1) is 21.1. The molecule has 0 atom stereocenters. The minimum atomic E-state index is -0.279. The molecule has 0 radical (unpaired) electrons. The van der Waals surface area contributed by atoms with Crippen LogP contribution in [0.2, 0.25) is 0 Å². The quantitative estimate of drug-likeness (QED) is 0.306. The van der Waals surface area contributed by atoms with Gasteiger partial charge in [-0.3, -0.25) is 10.1 Å². The van der Waals surface area contributed by atoms with E-state index in [1.54, 1.807) is 12.1 Å². The highest BCUT2D eigenvalue weighted by Gasteiger charge is 2.22. The molecule has 12 nitrogen and oxygen atoms in total. The Morgan fingerprint density at radius 1 is 0.477 bits per heavy atom. The fraction of sp³-hybridized carbons (Fsp3) is 0.625. The highest BCUT2D eigenvalue weighted by molar-refractivity contribution is 5.68. The van der Waals surface area contributed by atoms with Crippen LogP contribution in [0.5, 0.6) is 0 Å². The van der Waals surface area contributed by atoms with E-state index in [1.807, 2.05) is 0 Å². The maximum atomic E-state index is 11.3. The molecule has 4 saturated heterocycles. The molecule has 2 aromatic rings. The molecule has 4 aliphatic heterocycles. The third kappa shape index (κ3) is 8.44. The first-order valence-corrected chi connectivity index (χ1v) is 16.1. The number of nitrogen functional groups attached to an aromatic ring is 1. The summed E-state index contributed by atoms with van der Waals surface area (Å²) in [5, 5.41) is 11.3. The zero-order valence-electron chi connectivity index (χ0n) is 27.2. The highest BCUT2D eigenvalue weighted by atomic mass is 16.6. The lowest BCUT2D eigenvalue weighted by molar-refractivity contribution is -0.384. The van der Waals surface area contributed by atoms with Crippen molar-refractivity contribution in [3.8, 4) is 0 Å². The van der Waals surface area contributed by atoms with Crippen LogP contribution in [0.25, 0.3) is 0 Å². The van der Waals surface area contributed by atoms with Crippen molar-refractivity contribution in [1.82, 2.24) is 19.6 Å². The average molecular weight is 609 g/mol. The van der Waals surface area contributed by atoms with Crippen LogP contribution in [0.15, 0.2) is 36.4 Å². The lowest BCUT2D eigenvalue weighted by Gasteiger charge is -2.37. The molecule has 6 rings (SSSR count). The van der Waals surface area contributed by atoms with E-state index in [9.17, 15) is 10.1 Å². The third-order valence-corrected chi connectivity index (χ3v) is 9.50. The minimum absolute atomic E-state index is 0.190. The van der Waals surface area contributed by atoms with E-state index in [0.717, 1.165) is 122 Å². The second-order valence-corrected chi connectivity index (χ2v) is 12.9. The van der Waals surface area contributed by atoms with E-state index < -0.39 is 0 Å². The van der Waals surface area contributed by atoms with Gasteiger partial charge in [0.1, 0.15) is 0 Å². The summed E-state index contributed by atoms with van der Waals surface area (Å²) in [5.74, 6) is 0. The van der Waals surface area contributed by atoms with Crippen LogP contribution < -0.4 is 25.3 Å². The van der Waals surface area contributed by atoms with Gasteiger partial charge in [-0.1, -0.05) is 0 Å². The number of piperazine rings is 4. The molecular weight excluding hydrogens is 556 g/mol. The van der Waals surface area contributed by atoms with Gasteiger partial charge in [-0.15, -0.1) is 0 Å². The normalized spacial score (nSPS) is 21.3. The molecule has 0 amide bonds. The number of nitrogens with zero attached hydrogens (tertiary/aromatic N) is 9. The van der Waals surface area contributed by atoms with E-state index in [-0.39, 0.29) is 10.6 Å². The van der Waals surface area contributed by atoms with Crippen LogP contribution in [0.4, 0.5) is 34.1 Å². The van der Waals surface area contributed by atoms with Gasteiger partial charge in [0.2, 0.25) is 0 Å². The first-order valence-electron chi connectivity index (χ1n) is 16.1. The Labute approximate surface area is 263 Å². The summed E-state index contributed by atoms with van der Waals surface area (Å²) in [4.78, 5) is 29.8. The van der Waals surface area contributed by atoms with Crippen molar-refractivity contribution in [2.75, 3.05) is 158 Å². The predicted octanol–water partition coefficient (Wildman–Crippen LogP) is 1.87. The summed E-state index contributed by atoms with van der Waals surface area (Å²) in [6.45, 7) is 16.5. The van der Waals surface area contributed by atoms with Crippen molar-refractivity contribution < 1.29 is 4.92 Å². The number of likely N-dealkylation sites (N-methyl/N-ethyl adjacent to an activating group) is 4. The van der Waals surface area contributed by atoms with Crippen LogP contribution >= 0.6 is 0 Å². The van der Waals surface area contributed by atoms with Crippen molar-refractivity contribution in [2.45, 2.75) is 0 Å². The Morgan fingerprint density at radius 2 is 0.727 bits per heavy atom. The summed E-state index contributed by atoms with van der Waals surface area (Å²) in [5.41, 5.74) is 11.7. The fourth-order valence-corrected chi connectivity index (χ4v) is 6.29. The lowest BCUT2D eigenvalue weighted by atomic mass is 10.1. The van der Waals surface area contributed by atoms with Crippen LogP contribution in [0.1, 0.15) is 0 Å². The molecule has 0 unspecified atom stereocenters. The van der Waals surface area contributed by atoms with Crippen molar-refractivity contribution in [2.24, 2.45) is 0 Å². The van der Waals surface area contributed by atoms with E-state index in [1.165, 1.54) is 11.4 Å². The van der Waals surface area contributed by atoms with Crippen molar-refractivity contribution in [1.29, 1.82) is 0 Å². The van der Waals surface area contributed by atoms with Crippen LogP contribution in [0.3, 0.4) is 0 Å². The molecule has 0 aliphatic carbocycles. The number of non-ortho nitro benzene ring substituents is 1. The molecule has 0 aromatic heterocycles. The number of hydrogen-bond donors (Lipinski definition) is 1. The maximum absolute atomic E-state index is 11.3. The average Bonchev–Trinajstić information content (AvgIpc) is 3.02. The number of nitro groups is 1. The predicted molar refractivity (Wildman–Crippen MR) is 183 cm³/mol. The highest BCUT2D eigenvalue weighted by Crippen LogP contribution is 2.31. The first kappa shape index (κ1) is 32.1. The molecule has 0 bridgehead atoms. The van der Waals surface area contributed by atoms with E-state index in [4.69, 9.17) is 5.73 Å². The number of benzene rings is 2. The Morgan fingerprint density at radius 3 is 0.977 bits per heavy atom. The molecule has 0 spiro atoms. The molecule has 4 fully saturated rings. The number of nitrogens with two attached hydrogens (primary N) is 1. The monoisotopic (exact) mass is 608 g/mol. The Kier molecular flexibility index (Phi) is 10.7. The molecule has 2 N–H and O–H groups in total. The number of anilines is 5. The van der Waals surface area contributed by atoms with E-state index >= 15 is 0 Å². The van der Waals surface area contributed by atoms with Gasteiger partial charge in [-0.05, 0) is 52.5 Å². The van der Waals surface area contributed by atoms with Gasteiger partial charge in [0, 0.05) is 145 Å². The Bertz CT molecular complexity index is 1150. The Balaban J connectivity index is 0.000000175. The smallest absolute Gasteiger partial charge is 0.273 e. The summed E-state index contributed by atoms with van der Waals surface area (Å²) in [6, 6.07) is 12.1. The van der Waals surface area contributed by atoms with Gasteiger partial charge >= 0.3 is 0 Å². The summed E-state index contributed by atoms with van der Waals surface area (Å²) < 4.78 is 0. The molecule has 242 valence electrons. The van der Waals surface area contributed by atoms with Gasteiger partial charge < -0.3 is 44.9 Å². The molecule has 2 aromatic carbocycles. The fourth-order valence-electron chi connectivity index (χ4n) is 6.29. The number of nitro benzene ring substituents is 1. The van der Waals surface area contributed by atoms with Gasteiger partial charge in [0.05, 0.1) is 4.92 Å². The third-order valence-electron chi connectivity index (χ3n) is 9.50. The zero-order chi connectivity index (χ0) is 31.2. The molecule has 4 heterocycles. The standard InChI is InChI=1S/C16H25N5O2.C16H27N5/c1-17-3-7-19(8-4-17)14-11-15(13-16(12-14)21(22)23)20-9-5-18(2)6-10-20;1-18-3-7-20(8-4-18)15-11-14(17)12-16(13-15)21-9-5-19(2)6-10-21/h11-13H,3-10H2,1-2H3;11-13H,3-10,17H2,1-2H3. The topological polar surface area (TPSA) is 95.1 Å². The van der Waals surface area contributed by atoms with E-state index in [0.29, 0.717) is 0 Å². The molecular formula is C32H52N10O2. The SMILES string of the molecule is CN1CCN(c2cc(N)cc(N3CCN(C)CC3)c2)CC1.CN1CCN(c2cc(N3CCN(C)CC3)cc([N+](=O)[O-])c2)CC1. The molecule has 4 aliphatic rings. The van der Waals surface area contributed by atoms with Gasteiger partial charge in [0.15, 0.2) is 0 Å².